The third kappa shape index (κ3) is 3.02. The summed E-state index contributed by atoms with van der Waals surface area (Å²) in [5, 5.41) is 3.40. The average Bonchev–Trinajstić information content (AvgIpc) is 3.08. The predicted molar refractivity (Wildman–Crippen MR) is 68.2 cm³/mol. The molecule has 18 heavy (non-hydrogen) atoms. The summed E-state index contributed by atoms with van der Waals surface area (Å²) >= 11 is 0. The van der Waals surface area contributed by atoms with E-state index in [1.807, 2.05) is 4.90 Å². The van der Waals surface area contributed by atoms with Gasteiger partial charge in [0, 0.05) is 20.3 Å². The SMILES string of the molecule is COCCOCCCCN1C(=O)C2(CC2)NC1C. The molecule has 5 heteroatoms. The molecule has 0 aromatic heterocycles. The number of carbonyl (C=O) groups excluding carboxylic acids is 1. The lowest BCUT2D eigenvalue weighted by molar-refractivity contribution is -0.130. The minimum atomic E-state index is -0.172. The zero-order valence-electron chi connectivity index (χ0n) is 11.4. The van der Waals surface area contributed by atoms with Crippen LogP contribution in [-0.2, 0) is 14.3 Å². The van der Waals surface area contributed by atoms with E-state index in [1.54, 1.807) is 7.11 Å². The Morgan fingerprint density at radius 2 is 2.11 bits per heavy atom. The lowest BCUT2D eigenvalue weighted by atomic mass is 10.2. The van der Waals surface area contributed by atoms with E-state index >= 15 is 0 Å². The number of carbonyl (C=O) groups is 1. The molecule has 104 valence electrons. The van der Waals surface area contributed by atoms with E-state index in [9.17, 15) is 4.79 Å². The molecule has 1 aliphatic carbocycles. The van der Waals surface area contributed by atoms with E-state index in [1.165, 1.54) is 0 Å². The fraction of sp³-hybridized carbons (Fsp3) is 0.923. The zero-order valence-corrected chi connectivity index (χ0v) is 11.4. The summed E-state index contributed by atoms with van der Waals surface area (Å²) in [6.07, 6.45) is 4.20. The van der Waals surface area contributed by atoms with Crippen LogP contribution in [0.4, 0.5) is 0 Å². The summed E-state index contributed by atoms with van der Waals surface area (Å²) in [6, 6.07) is 0. The Bertz CT molecular complexity index is 292. The average molecular weight is 256 g/mol. The van der Waals surface area contributed by atoms with E-state index in [2.05, 4.69) is 12.2 Å². The maximum Gasteiger partial charge on any atom is 0.244 e. The standard InChI is InChI=1S/C13H24N2O3/c1-11-14-13(5-6-13)12(16)15(11)7-3-4-8-18-10-9-17-2/h11,14H,3-10H2,1-2H3. The molecular formula is C13H24N2O3. The summed E-state index contributed by atoms with van der Waals surface area (Å²) in [5.74, 6) is 0.301. The number of hydrogen-bond donors (Lipinski definition) is 1. The van der Waals surface area contributed by atoms with Crippen LogP contribution in [0.15, 0.2) is 0 Å². The van der Waals surface area contributed by atoms with Gasteiger partial charge in [0.25, 0.3) is 0 Å². The van der Waals surface area contributed by atoms with Crippen LogP contribution < -0.4 is 5.32 Å². The van der Waals surface area contributed by atoms with E-state index in [0.29, 0.717) is 19.1 Å². The van der Waals surface area contributed by atoms with E-state index in [0.717, 1.165) is 38.8 Å². The highest BCUT2D eigenvalue weighted by molar-refractivity contribution is 5.91. The Morgan fingerprint density at radius 1 is 1.33 bits per heavy atom. The minimum absolute atomic E-state index is 0.172. The molecule has 1 unspecified atom stereocenters. The van der Waals surface area contributed by atoms with Crippen LogP contribution in [0.2, 0.25) is 0 Å². The van der Waals surface area contributed by atoms with Crippen molar-refractivity contribution in [1.29, 1.82) is 0 Å². The molecule has 0 aromatic rings. The molecule has 2 fully saturated rings. The van der Waals surface area contributed by atoms with Gasteiger partial charge in [-0.05, 0) is 32.6 Å². The number of nitrogens with one attached hydrogen (secondary N) is 1. The summed E-state index contributed by atoms with van der Waals surface area (Å²) in [5.41, 5.74) is -0.172. The minimum Gasteiger partial charge on any atom is -0.382 e. The molecule has 2 aliphatic rings. The number of amides is 1. The van der Waals surface area contributed by atoms with Gasteiger partial charge in [0.15, 0.2) is 0 Å². The third-order valence-electron chi connectivity index (χ3n) is 3.74. The molecule has 1 saturated carbocycles. The van der Waals surface area contributed by atoms with Crippen molar-refractivity contribution < 1.29 is 14.3 Å². The van der Waals surface area contributed by atoms with E-state index in [4.69, 9.17) is 9.47 Å². The lowest BCUT2D eigenvalue weighted by Crippen LogP contribution is -2.35. The lowest BCUT2D eigenvalue weighted by Gasteiger charge is -2.20. The van der Waals surface area contributed by atoms with Crippen molar-refractivity contribution in [2.75, 3.05) is 33.5 Å². The van der Waals surface area contributed by atoms with Gasteiger partial charge in [-0.1, -0.05) is 0 Å². The fourth-order valence-electron chi connectivity index (χ4n) is 2.50. The van der Waals surface area contributed by atoms with Crippen molar-refractivity contribution in [3.8, 4) is 0 Å². The topological polar surface area (TPSA) is 50.8 Å². The van der Waals surface area contributed by atoms with Crippen molar-refractivity contribution in [1.82, 2.24) is 10.2 Å². The molecule has 2 rings (SSSR count). The molecule has 1 amide bonds. The van der Waals surface area contributed by atoms with Crippen LogP contribution in [0, 0.1) is 0 Å². The Morgan fingerprint density at radius 3 is 2.72 bits per heavy atom. The maximum absolute atomic E-state index is 12.1. The predicted octanol–water partition coefficient (Wildman–Crippen LogP) is 0.740. The smallest absolute Gasteiger partial charge is 0.244 e. The number of nitrogens with zero attached hydrogens (tertiary/aromatic N) is 1. The second-order valence-electron chi connectivity index (χ2n) is 5.21. The van der Waals surface area contributed by atoms with Crippen LogP contribution in [0.3, 0.4) is 0 Å². The molecule has 0 aromatic carbocycles. The monoisotopic (exact) mass is 256 g/mol. The highest BCUT2D eigenvalue weighted by Gasteiger charge is 2.57. The fourth-order valence-corrected chi connectivity index (χ4v) is 2.50. The van der Waals surface area contributed by atoms with Gasteiger partial charge in [0.1, 0.15) is 0 Å². The molecule has 1 spiro atoms. The van der Waals surface area contributed by atoms with Crippen molar-refractivity contribution in [3.05, 3.63) is 0 Å². The van der Waals surface area contributed by atoms with Gasteiger partial charge in [-0.25, -0.2) is 0 Å². The van der Waals surface area contributed by atoms with Crippen LogP contribution in [0.25, 0.3) is 0 Å². The van der Waals surface area contributed by atoms with Gasteiger partial charge in [-0.3, -0.25) is 10.1 Å². The van der Waals surface area contributed by atoms with Crippen LogP contribution in [0.1, 0.15) is 32.6 Å². The molecular weight excluding hydrogens is 232 g/mol. The van der Waals surface area contributed by atoms with Crippen molar-refractivity contribution in [3.63, 3.8) is 0 Å². The molecule has 5 nitrogen and oxygen atoms in total. The van der Waals surface area contributed by atoms with Crippen LogP contribution >= 0.6 is 0 Å². The molecule has 1 saturated heterocycles. The van der Waals surface area contributed by atoms with Gasteiger partial charge in [-0.15, -0.1) is 0 Å². The van der Waals surface area contributed by atoms with Crippen molar-refractivity contribution >= 4 is 5.91 Å². The quantitative estimate of drug-likeness (QED) is 0.651. The van der Waals surface area contributed by atoms with Crippen molar-refractivity contribution in [2.24, 2.45) is 0 Å². The summed E-state index contributed by atoms with van der Waals surface area (Å²) in [4.78, 5) is 14.1. The molecule has 0 bridgehead atoms. The first-order valence-corrected chi connectivity index (χ1v) is 6.85. The maximum atomic E-state index is 12.1. The Kier molecular flexibility index (Phi) is 4.59. The molecule has 0 radical (unpaired) electrons. The second-order valence-corrected chi connectivity index (χ2v) is 5.21. The van der Waals surface area contributed by atoms with Gasteiger partial charge in [0.05, 0.1) is 24.9 Å². The second kappa shape index (κ2) is 5.99. The first-order valence-electron chi connectivity index (χ1n) is 6.85. The number of ether oxygens (including phenoxy) is 2. The number of unbranched alkanes of at least 4 members (excludes halogenated alkanes) is 1. The van der Waals surface area contributed by atoms with Crippen molar-refractivity contribution in [2.45, 2.75) is 44.3 Å². The third-order valence-corrected chi connectivity index (χ3v) is 3.74. The van der Waals surface area contributed by atoms with E-state index in [-0.39, 0.29) is 11.7 Å². The normalized spacial score (nSPS) is 25.1. The zero-order chi connectivity index (χ0) is 13.0. The van der Waals surface area contributed by atoms with Gasteiger partial charge >= 0.3 is 0 Å². The van der Waals surface area contributed by atoms with Gasteiger partial charge in [0.2, 0.25) is 5.91 Å². The van der Waals surface area contributed by atoms with Gasteiger partial charge in [-0.2, -0.15) is 0 Å². The summed E-state index contributed by atoms with van der Waals surface area (Å²) in [6.45, 7) is 4.95. The highest BCUT2D eigenvalue weighted by atomic mass is 16.5. The first-order chi connectivity index (χ1) is 8.69. The molecule has 1 aliphatic heterocycles. The Labute approximate surface area is 109 Å². The summed E-state index contributed by atoms with van der Waals surface area (Å²) in [7, 11) is 1.67. The first kappa shape index (κ1) is 13.8. The largest absolute Gasteiger partial charge is 0.382 e. The molecule has 1 N–H and O–H groups in total. The molecule has 1 heterocycles. The Balaban J connectivity index is 1.58. The van der Waals surface area contributed by atoms with Gasteiger partial charge < -0.3 is 14.4 Å². The molecule has 1 atom stereocenters. The van der Waals surface area contributed by atoms with E-state index < -0.39 is 0 Å². The Hall–Kier alpha value is -0.650. The highest BCUT2D eigenvalue weighted by Crippen LogP contribution is 2.41. The number of methoxy groups -OCH3 is 1. The number of rotatable bonds is 8. The van der Waals surface area contributed by atoms with Crippen LogP contribution in [0.5, 0.6) is 0 Å². The number of hydrogen-bond acceptors (Lipinski definition) is 4. The van der Waals surface area contributed by atoms with Crippen LogP contribution in [-0.4, -0.2) is 56.0 Å². The summed E-state index contributed by atoms with van der Waals surface area (Å²) < 4.78 is 10.3.